The van der Waals surface area contributed by atoms with Gasteiger partial charge in [-0.05, 0) is 30.5 Å². The van der Waals surface area contributed by atoms with Gasteiger partial charge in [0.25, 0.3) is 0 Å². The maximum Gasteiger partial charge on any atom is 0.309 e. The lowest BCUT2D eigenvalue weighted by Gasteiger charge is -2.12. The Balaban J connectivity index is 2.61. The fourth-order valence-electron chi connectivity index (χ4n) is 1.71. The van der Waals surface area contributed by atoms with Crippen LogP contribution in [0.3, 0.4) is 0 Å². The number of amides is 1. The van der Waals surface area contributed by atoms with Crippen LogP contribution < -0.4 is 5.73 Å². The third kappa shape index (κ3) is 3.87. The van der Waals surface area contributed by atoms with Crippen LogP contribution in [0, 0.1) is 5.92 Å². The minimum absolute atomic E-state index is 0.0516. The molecule has 4 heteroatoms. The van der Waals surface area contributed by atoms with Gasteiger partial charge in [0, 0.05) is 5.56 Å². The van der Waals surface area contributed by atoms with E-state index in [0.717, 1.165) is 18.4 Å². The molecule has 1 amide bonds. The quantitative estimate of drug-likeness (QED) is 0.786. The van der Waals surface area contributed by atoms with Crippen molar-refractivity contribution in [3.05, 3.63) is 35.4 Å². The van der Waals surface area contributed by atoms with Crippen LogP contribution in [-0.4, -0.2) is 11.9 Å². The summed E-state index contributed by atoms with van der Waals surface area (Å²) >= 11 is 0. The molecular formula is C14H19NO3. The Labute approximate surface area is 107 Å². The van der Waals surface area contributed by atoms with E-state index in [1.807, 2.05) is 13.8 Å². The minimum atomic E-state index is -0.483. The first-order chi connectivity index (χ1) is 8.58. The van der Waals surface area contributed by atoms with E-state index < -0.39 is 5.91 Å². The van der Waals surface area contributed by atoms with E-state index in [1.54, 1.807) is 24.3 Å². The van der Waals surface area contributed by atoms with Gasteiger partial charge in [0.1, 0.15) is 6.61 Å². The first-order valence-corrected chi connectivity index (χ1v) is 6.13. The summed E-state index contributed by atoms with van der Waals surface area (Å²) in [4.78, 5) is 22.7. The van der Waals surface area contributed by atoms with E-state index in [2.05, 4.69) is 0 Å². The highest BCUT2D eigenvalue weighted by Crippen LogP contribution is 2.12. The lowest BCUT2D eigenvalue weighted by molar-refractivity contribution is -0.150. The van der Waals surface area contributed by atoms with Gasteiger partial charge < -0.3 is 10.5 Å². The molecule has 1 aromatic carbocycles. The molecule has 0 aromatic heterocycles. The molecule has 0 unspecified atom stereocenters. The lowest BCUT2D eigenvalue weighted by Crippen LogP contribution is -2.16. The van der Waals surface area contributed by atoms with Crippen LogP contribution in [0.2, 0.25) is 0 Å². The fourth-order valence-corrected chi connectivity index (χ4v) is 1.71. The van der Waals surface area contributed by atoms with E-state index in [1.165, 1.54) is 0 Å². The Morgan fingerprint density at radius 2 is 1.94 bits per heavy atom. The van der Waals surface area contributed by atoms with Crippen molar-refractivity contribution in [2.75, 3.05) is 0 Å². The minimum Gasteiger partial charge on any atom is -0.461 e. The molecule has 0 heterocycles. The van der Waals surface area contributed by atoms with Gasteiger partial charge in [-0.3, -0.25) is 9.59 Å². The summed E-state index contributed by atoms with van der Waals surface area (Å²) in [6.45, 7) is 4.10. The first kappa shape index (κ1) is 14.2. The standard InChI is InChI=1S/C14H19NO3/c1-3-11(4-2)14(17)18-9-10-6-5-7-12(8-10)13(15)16/h5-8,11H,3-4,9H2,1-2H3,(H2,15,16). The van der Waals surface area contributed by atoms with Crippen LogP contribution in [0.25, 0.3) is 0 Å². The summed E-state index contributed by atoms with van der Waals surface area (Å²) in [6, 6.07) is 6.80. The van der Waals surface area contributed by atoms with Crippen LogP contribution in [0.15, 0.2) is 24.3 Å². The second kappa shape index (κ2) is 6.79. The molecule has 1 rings (SSSR count). The zero-order chi connectivity index (χ0) is 13.5. The summed E-state index contributed by atoms with van der Waals surface area (Å²) in [5.41, 5.74) is 6.37. The zero-order valence-corrected chi connectivity index (χ0v) is 10.8. The summed E-state index contributed by atoms with van der Waals surface area (Å²) in [6.07, 6.45) is 1.55. The molecule has 0 saturated carbocycles. The molecular weight excluding hydrogens is 230 g/mol. The molecule has 0 spiro atoms. The summed E-state index contributed by atoms with van der Waals surface area (Å²) in [7, 11) is 0. The van der Waals surface area contributed by atoms with Crippen molar-refractivity contribution < 1.29 is 14.3 Å². The molecule has 98 valence electrons. The number of rotatable bonds is 6. The Bertz CT molecular complexity index is 425. The third-order valence-electron chi connectivity index (χ3n) is 2.91. The van der Waals surface area contributed by atoms with Crippen molar-refractivity contribution in [1.29, 1.82) is 0 Å². The average Bonchev–Trinajstić information content (AvgIpc) is 2.38. The van der Waals surface area contributed by atoms with E-state index in [4.69, 9.17) is 10.5 Å². The topological polar surface area (TPSA) is 69.4 Å². The third-order valence-corrected chi connectivity index (χ3v) is 2.91. The predicted molar refractivity (Wildman–Crippen MR) is 68.8 cm³/mol. The van der Waals surface area contributed by atoms with Gasteiger partial charge >= 0.3 is 5.97 Å². The maximum absolute atomic E-state index is 11.7. The largest absolute Gasteiger partial charge is 0.461 e. The Hall–Kier alpha value is -1.84. The van der Waals surface area contributed by atoms with E-state index in [0.29, 0.717) is 5.56 Å². The first-order valence-electron chi connectivity index (χ1n) is 6.13. The molecule has 0 saturated heterocycles. The second-order valence-corrected chi connectivity index (χ2v) is 4.19. The number of benzene rings is 1. The Kier molecular flexibility index (Phi) is 5.36. The van der Waals surface area contributed by atoms with Crippen LogP contribution in [-0.2, 0) is 16.1 Å². The van der Waals surface area contributed by atoms with Gasteiger partial charge in [-0.25, -0.2) is 0 Å². The molecule has 18 heavy (non-hydrogen) atoms. The van der Waals surface area contributed by atoms with Crippen molar-refractivity contribution >= 4 is 11.9 Å². The predicted octanol–water partition coefficient (Wildman–Crippen LogP) is 2.26. The lowest BCUT2D eigenvalue weighted by atomic mass is 10.0. The Morgan fingerprint density at radius 1 is 1.28 bits per heavy atom. The van der Waals surface area contributed by atoms with Crippen molar-refractivity contribution in [3.8, 4) is 0 Å². The van der Waals surface area contributed by atoms with E-state index >= 15 is 0 Å². The SMILES string of the molecule is CCC(CC)C(=O)OCc1cccc(C(N)=O)c1. The number of nitrogens with two attached hydrogens (primary N) is 1. The van der Waals surface area contributed by atoms with Crippen molar-refractivity contribution in [2.24, 2.45) is 11.7 Å². The smallest absolute Gasteiger partial charge is 0.309 e. The molecule has 0 aliphatic carbocycles. The maximum atomic E-state index is 11.7. The van der Waals surface area contributed by atoms with Crippen molar-refractivity contribution in [1.82, 2.24) is 0 Å². The monoisotopic (exact) mass is 249 g/mol. The van der Waals surface area contributed by atoms with E-state index in [9.17, 15) is 9.59 Å². The highest BCUT2D eigenvalue weighted by atomic mass is 16.5. The van der Waals surface area contributed by atoms with Gasteiger partial charge in [-0.1, -0.05) is 26.0 Å². The van der Waals surface area contributed by atoms with Crippen molar-refractivity contribution in [3.63, 3.8) is 0 Å². The number of ether oxygens (including phenoxy) is 1. The van der Waals surface area contributed by atoms with Crippen LogP contribution >= 0.6 is 0 Å². The molecule has 0 fully saturated rings. The highest BCUT2D eigenvalue weighted by Gasteiger charge is 2.15. The van der Waals surface area contributed by atoms with E-state index in [-0.39, 0.29) is 18.5 Å². The summed E-state index contributed by atoms with van der Waals surface area (Å²) in [5.74, 6) is -0.725. The average molecular weight is 249 g/mol. The molecule has 0 radical (unpaired) electrons. The number of carbonyl (C=O) groups is 2. The second-order valence-electron chi connectivity index (χ2n) is 4.19. The van der Waals surface area contributed by atoms with Crippen LogP contribution in [0.5, 0.6) is 0 Å². The normalized spacial score (nSPS) is 10.4. The molecule has 0 bridgehead atoms. The zero-order valence-electron chi connectivity index (χ0n) is 10.8. The Morgan fingerprint density at radius 3 is 2.50 bits per heavy atom. The summed E-state index contributed by atoms with van der Waals surface area (Å²) < 4.78 is 5.22. The van der Waals surface area contributed by atoms with Gasteiger partial charge in [-0.2, -0.15) is 0 Å². The van der Waals surface area contributed by atoms with Gasteiger partial charge in [0.15, 0.2) is 0 Å². The number of hydrogen-bond donors (Lipinski definition) is 1. The molecule has 0 aliphatic heterocycles. The molecule has 4 nitrogen and oxygen atoms in total. The van der Waals surface area contributed by atoms with Crippen LogP contribution in [0.1, 0.15) is 42.6 Å². The van der Waals surface area contributed by atoms with Gasteiger partial charge in [0.2, 0.25) is 5.91 Å². The highest BCUT2D eigenvalue weighted by molar-refractivity contribution is 5.92. The molecule has 0 aliphatic rings. The van der Waals surface area contributed by atoms with Gasteiger partial charge in [0.05, 0.1) is 5.92 Å². The fraction of sp³-hybridized carbons (Fsp3) is 0.429. The number of hydrogen-bond acceptors (Lipinski definition) is 3. The van der Waals surface area contributed by atoms with Gasteiger partial charge in [-0.15, -0.1) is 0 Å². The van der Waals surface area contributed by atoms with Crippen LogP contribution in [0.4, 0.5) is 0 Å². The molecule has 1 aromatic rings. The van der Waals surface area contributed by atoms with Crippen molar-refractivity contribution in [2.45, 2.75) is 33.3 Å². The number of carbonyl (C=O) groups excluding carboxylic acids is 2. The number of primary amides is 1. The number of esters is 1. The summed E-state index contributed by atoms with van der Waals surface area (Å²) in [5, 5.41) is 0. The molecule has 0 atom stereocenters. The molecule has 2 N–H and O–H groups in total.